The van der Waals surface area contributed by atoms with E-state index in [1.807, 2.05) is 0 Å². The summed E-state index contributed by atoms with van der Waals surface area (Å²) in [4.78, 5) is 11.4. The number of carbonyl (C=O) groups excluding carboxylic acids is 1. The van der Waals surface area contributed by atoms with Gasteiger partial charge < -0.3 is 5.84 Å². The maximum atomic E-state index is 11.4. The summed E-state index contributed by atoms with van der Waals surface area (Å²) in [6.45, 7) is 0. The first-order valence-corrected chi connectivity index (χ1v) is 6.03. The molecule has 0 unspecified atom stereocenters. The third-order valence-corrected chi connectivity index (χ3v) is 2.64. The summed E-state index contributed by atoms with van der Waals surface area (Å²) in [5.41, 5.74) is 0.501. The van der Waals surface area contributed by atoms with Crippen molar-refractivity contribution in [3.8, 4) is 0 Å². The van der Waals surface area contributed by atoms with Crippen LogP contribution in [-0.2, 0) is 10.1 Å². The van der Waals surface area contributed by atoms with Gasteiger partial charge in [-0.25, -0.2) is 0 Å². The third kappa shape index (κ3) is 3.65. The summed E-state index contributed by atoms with van der Waals surface area (Å²) in [6, 6.07) is 8.36. The first-order chi connectivity index (χ1) is 7.46. The van der Waals surface area contributed by atoms with Crippen molar-refractivity contribution in [3.63, 3.8) is 0 Å². The summed E-state index contributed by atoms with van der Waals surface area (Å²) in [5.74, 6) is -1.80. The van der Waals surface area contributed by atoms with Crippen molar-refractivity contribution in [2.45, 2.75) is 0 Å². The van der Waals surface area contributed by atoms with Crippen molar-refractivity contribution in [2.75, 3.05) is 5.75 Å². The number of carbonyl (C=O) groups is 1. The normalized spacial score (nSPS) is 11.1. The van der Waals surface area contributed by atoms with Gasteiger partial charge in [-0.2, -0.15) is 8.42 Å². The Kier molecular flexibility index (Phi) is 4.51. The Morgan fingerprint density at radius 3 is 2.59 bits per heavy atom. The van der Waals surface area contributed by atoms with Gasteiger partial charge in [0.25, 0.3) is 10.1 Å². The molecule has 0 radical (unpaired) electrons. The van der Waals surface area contributed by atoms with E-state index >= 15 is 0 Å². The smallest absolute Gasteiger partial charge is 1.00 e. The Labute approximate surface area is 121 Å². The molecule has 1 N–H and O–H groups in total. The first kappa shape index (κ1) is 14.4. The number of hydrogen-bond acceptors (Lipinski definition) is 4. The number of Topliss-reactive ketones (excluding diaryl/α,β-unsaturated/α-hetero) is 1. The number of hydrogen-bond donors (Lipinski definition) is 1. The van der Waals surface area contributed by atoms with Crippen LogP contribution in [0, 0.1) is 0 Å². The Hall–Kier alpha value is -0.660. The molecule has 5 nitrogen and oxygen atoms in total. The summed E-state index contributed by atoms with van der Waals surface area (Å²) in [5, 5.41) is 0.709. The average molecular weight is 264 g/mol. The summed E-state index contributed by atoms with van der Waals surface area (Å²) < 4.78 is 34.7. The Balaban J connectivity index is 0.00000144. The molecule has 0 saturated heterocycles. The van der Waals surface area contributed by atoms with Crippen LogP contribution >= 0.6 is 0 Å². The van der Waals surface area contributed by atoms with E-state index in [0.29, 0.717) is 11.0 Å². The second kappa shape index (κ2) is 5.32. The van der Waals surface area contributed by atoms with Gasteiger partial charge in [0.15, 0.2) is 5.76 Å². The number of rotatable bonds is 3. The van der Waals surface area contributed by atoms with Crippen LogP contribution < -0.4 is 29.6 Å². The van der Waals surface area contributed by atoms with Crippen LogP contribution in [0.1, 0.15) is 12.0 Å². The standard InChI is InChI=1S/C10H8O5S.Na.H/c11-8(6-16(12,13)14)10-5-7-3-1-2-4-9(7)15-10;;/h1-5H,6H2,(H,12,13,14);;/q;+1;-1. The predicted molar refractivity (Wildman–Crippen MR) is 58.1 cm³/mol. The molecule has 2 rings (SSSR count). The van der Waals surface area contributed by atoms with Crippen molar-refractivity contribution in [2.24, 2.45) is 0 Å². The Morgan fingerprint density at radius 1 is 1.35 bits per heavy atom. The van der Waals surface area contributed by atoms with Crippen LogP contribution in [0.25, 0.3) is 11.0 Å². The van der Waals surface area contributed by atoms with Crippen molar-refractivity contribution >= 4 is 26.9 Å². The second-order valence-electron chi connectivity index (χ2n) is 3.30. The van der Waals surface area contributed by atoms with E-state index in [0.717, 1.165) is 0 Å². The van der Waals surface area contributed by atoms with Crippen LogP contribution in [0.4, 0.5) is 0 Å². The average Bonchev–Trinajstić information content (AvgIpc) is 2.58. The molecule has 0 saturated carbocycles. The molecule has 0 bridgehead atoms. The van der Waals surface area contributed by atoms with Crippen LogP contribution in [0.2, 0.25) is 0 Å². The molecule has 0 aliphatic rings. The van der Waals surface area contributed by atoms with Gasteiger partial charge in [0.2, 0.25) is 5.78 Å². The maximum Gasteiger partial charge on any atom is 1.00 e. The van der Waals surface area contributed by atoms with Crippen LogP contribution in [0.3, 0.4) is 0 Å². The Bertz CT molecular complexity index is 616. The number of fused-ring (bicyclic) bond motifs is 1. The zero-order chi connectivity index (χ0) is 11.8. The summed E-state index contributed by atoms with van der Waals surface area (Å²) in [6.07, 6.45) is 0. The molecule has 1 aromatic heterocycles. The zero-order valence-electron chi connectivity index (χ0n) is 10.1. The third-order valence-electron chi connectivity index (χ3n) is 2.01. The topological polar surface area (TPSA) is 84.6 Å². The van der Waals surface area contributed by atoms with Crippen molar-refractivity contribution < 1.29 is 53.2 Å². The molecule has 1 heterocycles. The molecule has 17 heavy (non-hydrogen) atoms. The maximum absolute atomic E-state index is 11.4. The predicted octanol–water partition coefficient (Wildman–Crippen LogP) is -1.38. The minimum atomic E-state index is -4.32. The first-order valence-electron chi connectivity index (χ1n) is 4.43. The number of benzene rings is 1. The van der Waals surface area contributed by atoms with E-state index in [9.17, 15) is 13.2 Å². The van der Waals surface area contributed by atoms with E-state index < -0.39 is 21.7 Å². The minimum absolute atomic E-state index is 0. The van der Waals surface area contributed by atoms with E-state index in [1.165, 1.54) is 6.07 Å². The van der Waals surface area contributed by atoms with Crippen molar-refractivity contribution in [3.05, 3.63) is 36.1 Å². The monoisotopic (exact) mass is 264 g/mol. The Morgan fingerprint density at radius 2 is 2.00 bits per heavy atom. The van der Waals surface area contributed by atoms with Crippen molar-refractivity contribution in [1.29, 1.82) is 0 Å². The molecule has 2 aromatic rings. The van der Waals surface area contributed by atoms with E-state index in [4.69, 9.17) is 8.97 Å². The van der Waals surface area contributed by atoms with Gasteiger partial charge in [-0.05, 0) is 12.1 Å². The zero-order valence-corrected chi connectivity index (χ0v) is 11.9. The molecular weight excluding hydrogens is 255 g/mol. The molecular formula is C10H9NaO5S. The molecule has 86 valence electrons. The van der Waals surface area contributed by atoms with E-state index in [-0.39, 0.29) is 36.7 Å². The van der Waals surface area contributed by atoms with Gasteiger partial charge in [-0.1, -0.05) is 18.2 Å². The molecule has 7 heteroatoms. The summed E-state index contributed by atoms with van der Waals surface area (Å²) >= 11 is 0. The van der Waals surface area contributed by atoms with Crippen LogP contribution in [-0.4, -0.2) is 24.5 Å². The molecule has 0 spiro atoms. The molecule has 0 atom stereocenters. The number of ketones is 1. The number of furan rings is 1. The summed E-state index contributed by atoms with van der Waals surface area (Å²) in [7, 11) is -4.32. The van der Waals surface area contributed by atoms with E-state index in [2.05, 4.69) is 0 Å². The second-order valence-corrected chi connectivity index (χ2v) is 4.75. The van der Waals surface area contributed by atoms with Gasteiger partial charge in [0.1, 0.15) is 11.3 Å². The van der Waals surface area contributed by atoms with Gasteiger partial charge in [-0.3, -0.25) is 9.35 Å². The van der Waals surface area contributed by atoms with Gasteiger partial charge in [0, 0.05) is 5.39 Å². The molecule has 0 amide bonds. The fourth-order valence-electron chi connectivity index (χ4n) is 1.36. The minimum Gasteiger partial charge on any atom is -1.00 e. The molecule has 0 aliphatic heterocycles. The van der Waals surface area contributed by atoms with Crippen molar-refractivity contribution in [1.82, 2.24) is 0 Å². The van der Waals surface area contributed by atoms with Gasteiger partial charge >= 0.3 is 29.6 Å². The fourth-order valence-corrected chi connectivity index (χ4v) is 1.83. The van der Waals surface area contributed by atoms with Crippen LogP contribution in [0.15, 0.2) is 34.7 Å². The SMILES string of the molecule is O=C(CS(=O)(=O)O)c1cc2ccccc2o1.[H-].[Na+]. The largest absolute Gasteiger partial charge is 1.00 e. The molecule has 0 fully saturated rings. The molecule has 1 aromatic carbocycles. The van der Waals surface area contributed by atoms with Crippen LogP contribution in [0.5, 0.6) is 0 Å². The number of para-hydroxylation sites is 1. The van der Waals surface area contributed by atoms with Gasteiger partial charge in [0.05, 0.1) is 0 Å². The van der Waals surface area contributed by atoms with Gasteiger partial charge in [-0.15, -0.1) is 0 Å². The fraction of sp³-hybridized carbons (Fsp3) is 0.100. The molecule has 0 aliphatic carbocycles. The van der Waals surface area contributed by atoms with E-state index in [1.54, 1.807) is 24.3 Å². The quantitative estimate of drug-likeness (QED) is 0.419.